The molecule has 1 atom stereocenters. The van der Waals surface area contributed by atoms with Gasteiger partial charge in [-0.25, -0.2) is 0 Å². The predicted molar refractivity (Wildman–Crippen MR) is 44.8 cm³/mol. The highest BCUT2D eigenvalue weighted by Crippen LogP contribution is 2.02. The van der Waals surface area contributed by atoms with Crippen LogP contribution in [0.25, 0.3) is 0 Å². The molecule has 0 spiro atoms. The zero-order chi connectivity index (χ0) is 7.98. The Hall–Kier alpha value is -0.0400. The van der Waals surface area contributed by atoms with Gasteiger partial charge in [-0.05, 0) is 19.3 Å². The molecule has 0 saturated heterocycles. The smallest absolute Gasteiger partial charge is 0.0547 e. The Labute approximate surface area is 64.8 Å². The van der Waals surface area contributed by atoms with Crippen LogP contribution in [0.4, 0.5) is 0 Å². The molecular weight excluding hydrogens is 124 g/mol. The molecule has 0 aliphatic rings. The van der Waals surface area contributed by atoms with Gasteiger partial charge in [0.15, 0.2) is 0 Å². The first kappa shape index (κ1) is 9.96. The molecule has 0 aromatic rings. The van der Waals surface area contributed by atoms with E-state index < -0.39 is 0 Å². The summed E-state index contributed by atoms with van der Waals surface area (Å²) >= 11 is 0. The molecular formula is C9H19O. The topological polar surface area (TPSA) is 9.23 Å². The van der Waals surface area contributed by atoms with E-state index in [2.05, 4.69) is 27.7 Å². The highest BCUT2D eigenvalue weighted by Gasteiger charge is 2.00. The molecule has 1 radical (unpaired) electrons. The Morgan fingerprint density at radius 2 is 1.90 bits per heavy atom. The molecule has 10 heavy (non-hydrogen) atoms. The van der Waals surface area contributed by atoms with Crippen LogP contribution in [0.1, 0.15) is 33.6 Å². The van der Waals surface area contributed by atoms with Crippen LogP contribution in [0.3, 0.4) is 0 Å². The van der Waals surface area contributed by atoms with Crippen LogP contribution < -0.4 is 0 Å². The first-order valence-electron chi connectivity index (χ1n) is 4.07. The Bertz CT molecular complexity index is 69.1. The van der Waals surface area contributed by atoms with E-state index in [-0.39, 0.29) is 0 Å². The maximum atomic E-state index is 5.50. The van der Waals surface area contributed by atoms with Crippen LogP contribution in [0.15, 0.2) is 0 Å². The molecule has 1 nitrogen and oxygen atoms in total. The van der Waals surface area contributed by atoms with Gasteiger partial charge in [0.05, 0.1) is 6.10 Å². The molecule has 0 heterocycles. The maximum Gasteiger partial charge on any atom is 0.0547 e. The Balaban J connectivity index is 3.12. The lowest BCUT2D eigenvalue weighted by molar-refractivity contribution is 0.0430. The largest absolute Gasteiger partial charge is 0.378 e. The fourth-order valence-corrected chi connectivity index (χ4v) is 0.728. The van der Waals surface area contributed by atoms with E-state index in [4.69, 9.17) is 4.74 Å². The highest BCUT2D eigenvalue weighted by molar-refractivity contribution is 4.52. The molecule has 0 rings (SSSR count). The molecule has 0 aromatic carbocycles. The number of hydrogen-bond acceptors (Lipinski definition) is 1. The summed E-state index contributed by atoms with van der Waals surface area (Å²) in [5.74, 6) is 0.646. The van der Waals surface area contributed by atoms with E-state index in [0.29, 0.717) is 12.0 Å². The summed E-state index contributed by atoms with van der Waals surface area (Å²) in [4.78, 5) is 0. The lowest BCUT2D eigenvalue weighted by Gasteiger charge is -2.13. The molecule has 0 N–H and O–H groups in total. The van der Waals surface area contributed by atoms with Gasteiger partial charge < -0.3 is 4.74 Å². The van der Waals surface area contributed by atoms with Crippen molar-refractivity contribution in [3.63, 3.8) is 0 Å². The number of hydrogen-bond donors (Lipinski definition) is 0. The monoisotopic (exact) mass is 143 g/mol. The van der Waals surface area contributed by atoms with Gasteiger partial charge in [-0.3, -0.25) is 0 Å². The van der Waals surface area contributed by atoms with Crippen molar-refractivity contribution in [3.8, 4) is 0 Å². The SMILES string of the molecule is [CH2]CCC(C)OCC(C)C. The summed E-state index contributed by atoms with van der Waals surface area (Å²) in [5.41, 5.74) is 0. The van der Waals surface area contributed by atoms with E-state index in [9.17, 15) is 0 Å². The van der Waals surface area contributed by atoms with Crippen LogP contribution in [0.5, 0.6) is 0 Å². The van der Waals surface area contributed by atoms with Crippen LogP contribution in [-0.2, 0) is 4.74 Å². The predicted octanol–water partition coefficient (Wildman–Crippen LogP) is 2.66. The van der Waals surface area contributed by atoms with Gasteiger partial charge in [-0.15, -0.1) is 0 Å². The minimum atomic E-state index is 0.389. The van der Waals surface area contributed by atoms with Crippen LogP contribution in [0.2, 0.25) is 0 Å². The van der Waals surface area contributed by atoms with E-state index in [1.165, 1.54) is 0 Å². The van der Waals surface area contributed by atoms with E-state index in [0.717, 1.165) is 19.4 Å². The van der Waals surface area contributed by atoms with Gasteiger partial charge in [0.2, 0.25) is 0 Å². The Kier molecular flexibility index (Phi) is 5.70. The van der Waals surface area contributed by atoms with Gasteiger partial charge >= 0.3 is 0 Å². The van der Waals surface area contributed by atoms with Crippen molar-refractivity contribution >= 4 is 0 Å². The zero-order valence-electron chi connectivity index (χ0n) is 7.39. The second-order valence-electron chi connectivity index (χ2n) is 3.18. The normalized spacial score (nSPS) is 14.1. The van der Waals surface area contributed by atoms with Crippen LogP contribution in [0, 0.1) is 12.8 Å². The summed E-state index contributed by atoms with van der Waals surface area (Å²) in [5, 5.41) is 0. The maximum absolute atomic E-state index is 5.50. The van der Waals surface area contributed by atoms with Crippen molar-refractivity contribution in [2.24, 2.45) is 5.92 Å². The van der Waals surface area contributed by atoms with E-state index in [1.807, 2.05) is 0 Å². The molecule has 61 valence electrons. The van der Waals surface area contributed by atoms with Crippen molar-refractivity contribution < 1.29 is 4.74 Å². The summed E-state index contributed by atoms with van der Waals surface area (Å²) < 4.78 is 5.50. The van der Waals surface area contributed by atoms with Crippen molar-refractivity contribution in [1.29, 1.82) is 0 Å². The van der Waals surface area contributed by atoms with Gasteiger partial charge in [-0.1, -0.05) is 27.2 Å². The second kappa shape index (κ2) is 5.72. The van der Waals surface area contributed by atoms with Crippen molar-refractivity contribution in [3.05, 3.63) is 6.92 Å². The third-order valence-corrected chi connectivity index (χ3v) is 1.32. The molecule has 1 unspecified atom stereocenters. The minimum absolute atomic E-state index is 0.389. The standard InChI is InChI=1S/C9H19O/c1-5-6-9(4)10-7-8(2)3/h8-9H,1,5-7H2,2-4H3. The van der Waals surface area contributed by atoms with Crippen molar-refractivity contribution in [1.82, 2.24) is 0 Å². The van der Waals surface area contributed by atoms with Gasteiger partial charge in [0.25, 0.3) is 0 Å². The van der Waals surface area contributed by atoms with Gasteiger partial charge in [0, 0.05) is 6.61 Å². The third-order valence-electron chi connectivity index (χ3n) is 1.32. The van der Waals surface area contributed by atoms with E-state index >= 15 is 0 Å². The fourth-order valence-electron chi connectivity index (χ4n) is 0.728. The zero-order valence-corrected chi connectivity index (χ0v) is 7.39. The molecule has 0 aromatic heterocycles. The average molecular weight is 143 g/mol. The molecule has 0 saturated carbocycles. The molecule has 0 bridgehead atoms. The van der Waals surface area contributed by atoms with Gasteiger partial charge in [-0.2, -0.15) is 0 Å². The van der Waals surface area contributed by atoms with Crippen molar-refractivity contribution in [2.75, 3.05) is 6.61 Å². The summed E-state index contributed by atoms with van der Waals surface area (Å²) in [6.45, 7) is 11.1. The quantitative estimate of drug-likeness (QED) is 0.575. The lowest BCUT2D eigenvalue weighted by Crippen LogP contribution is -2.11. The fraction of sp³-hybridized carbons (Fsp3) is 0.889. The van der Waals surface area contributed by atoms with Crippen LogP contribution >= 0.6 is 0 Å². The Morgan fingerprint density at radius 3 is 2.30 bits per heavy atom. The third kappa shape index (κ3) is 6.09. The molecule has 0 aliphatic carbocycles. The Morgan fingerprint density at radius 1 is 1.30 bits per heavy atom. The van der Waals surface area contributed by atoms with Gasteiger partial charge in [0.1, 0.15) is 0 Å². The average Bonchev–Trinajstić information content (AvgIpc) is 1.85. The summed E-state index contributed by atoms with van der Waals surface area (Å²) in [6.07, 6.45) is 2.44. The van der Waals surface area contributed by atoms with E-state index in [1.54, 1.807) is 0 Å². The minimum Gasteiger partial charge on any atom is -0.378 e. The van der Waals surface area contributed by atoms with Crippen LogP contribution in [-0.4, -0.2) is 12.7 Å². The molecule has 0 fully saturated rings. The highest BCUT2D eigenvalue weighted by atomic mass is 16.5. The number of rotatable bonds is 5. The lowest BCUT2D eigenvalue weighted by atomic mass is 10.2. The first-order valence-corrected chi connectivity index (χ1v) is 4.07. The molecule has 1 heteroatoms. The molecule has 0 amide bonds. The summed E-state index contributed by atoms with van der Waals surface area (Å²) in [7, 11) is 0. The second-order valence-corrected chi connectivity index (χ2v) is 3.18. The number of ether oxygens (including phenoxy) is 1. The molecule has 0 aliphatic heterocycles. The summed E-state index contributed by atoms with van der Waals surface area (Å²) in [6, 6.07) is 0. The first-order chi connectivity index (χ1) is 4.66. The van der Waals surface area contributed by atoms with Crippen molar-refractivity contribution in [2.45, 2.75) is 39.7 Å².